The first-order valence-corrected chi connectivity index (χ1v) is 6.44. The van der Waals surface area contributed by atoms with Gasteiger partial charge in [-0.2, -0.15) is 5.10 Å². The Morgan fingerprint density at radius 3 is 2.83 bits per heavy atom. The van der Waals surface area contributed by atoms with Gasteiger partial charge in [-0.25, -0.2) is 0 Å². The highest BCUT2D eigenvalue weighted by atomic mass is 35.5. The molecule has 0 spiro atoms. The third-order valence-electron chi connectivity index (χ3n) is 2.92. The lowest BCUT2D eigenvalue weighted by Crippen LogP contribution is -2.08. The lowest BCUT2D eigenvalue weighted by atomic mass is 10.0. The number of hydrogen-bond donors (Lipinski definition) is 1. The van der Waals surface area contributed by atoms with Crippen molar-refractivity contribution < 1.29 is 5.11 Å². The van der Waals surface area contributed by atoms with E-state index in [4.69, 9.17) is 11.6 Å². The number of benzene rings is 1. The quantitative estimate of drug-likeness (QED) is 0.921. The molecule has 0 radical (unpaired) electrons. The number of hydrogen-bond acceptors (Lipinski definition) is 2. The lowest BCUT2D eigenvalue weighted by Gasteiger charge is -2.12. The summed E-state index contributed by atoms with van der Waals surface area (Å²) < 4.78 is 1.92. The zero-order valence-corrected chi connectivity index (χ0v) is 11.4. The van der Waals surface area contributed by atoms with E-state index in [0.29, 0.717) is 11.4 Å². The number of aliphatic hydroxyl groups is 1. The summed E-state index contributed by atoms with van der Waals surface area (Å²) in [4.78, 5) is 0. The topological polar surface area (TPSA) is 38.0 Å². The molecule has 1 unspecified atom stereocenters. The van der Waals surface area contributed by atoms with Crippen LogP contribution in [0.3, 0.4) is 0 Å². The molecule has 1 atom stereocenters. The molecule has 18 heavy (non-hydrogen) atoms. The molecule has 0 amide bonds. The van der Waals surface area contributed by atoms with E-state index in [1.807, 2.05) is 36.7 Å². The molecule has 2 rings (SSSR count). The van der Waals surface area contributed by atoms with E-state index >= 15 is 0 Å². The Labute approximate surface area is 112 Å². The van der Waals surface area contributed by atoms with Gasteiger partial charge in [0.05, 0.1) is 11.8 Å². The van der Waals surface area contributed by atoms with E-state index in [1.54, 1.807) is 12.1 Å². The zero-order valence-electron chi connectivity index (χ0n) is 10.6. The Hall–Kier alpha value is -1.32. The highest BCUT2D eigenvalue weighted by Crippen LogP contribution is 2.21. The third-order valence-corrected chi connectivity index (χ3v) is 3.16. The maximum absolute atomic E-state index is 10.2. The average molecular weight is 265 g/mol. The van der Waals surface area contributed by atoms with Gasteiger partial charge in [0.2, 0.25) is 0 Å². The fourth-order valence-corrected chi connectivity index (χ4v) is 2.27. The van der Waals surface area contributed by atoms with Gasteiger partial charge >= 0.3 is 0 Å². The highest BCUT2D eigenvalue weighted by Gasteiger charge is 2.12. The summed E-state index contributed by atoms with van der Waals surface area (Å²) in [5, 5.41) is 15.2. The van der Waals surface area contributed by atoms with Crippen molar-refractivity contribution in [3.8, 4) is 0 Å². The molecule has 0 bridgehead atoms. The maximum atomic E-state index is 10.2. The van der Waals surface area contributed by atoms with Crippen molar-refractivity contribution in [2.45, 2.75) is 32.9 Å². The molecule has 0 aliphatic carbocycles. The van der Waals surface area contributed by atoms with Crippen LogP contribution in [0, 0.1) is 6.92 Å². The van der Waals surface area contributed by atoms with Crippen LogP contribution < -0.4 is 0 Å². The average Bonchev–Trinajstić information content (AvgIpc) is 2.69. The summed E-state index contributed by atoms with van der Waals surface area (Å²) in [5.74, 6) is 0. The maximum Gasteiger partial charge on any atom is 0.0845 e. The van der Waals surface area contributed by atoms with Crippen LogP contribution >= 0.6 is 11.6 Å². The molecule has 0 saturated heterocycles. The number of aryl methyl sites for hydroxylation is 2. The first-order valence-electron chi connectivity index (χ1n) is 6.07. The van der Waals surface area contributed by atoms with E-state index in [2.05, 4.69) is 5.10 Å². The summed E-state index contributed by atoms with van der Waals surface area (Å²) in [6, 6.07) is 9.35. The van der Waals surface area contributed by atoms with Gasteiger partial charge in [0, 0.05) is 23.7 Å². The fourth-order valence-electron chi connectivity index (χ4n) is 2.07. The summed E-state index contributed by atoms with van der Waals surface area (Å²) >= 11 is 5.93. The van der Waals surface area contributed by atoms with Gasteiger partial charge in [-0.3, -0.25) is 4.68 Å². The van der Waals surface area contributed by atoms with Gasteiger partial charge in [0.15, 0.2) is 0 Å². The standard InChI is InChI=1S/C14H17ClN2O/c1-3-17-13(7-10(2)16-17)9-14(18)11-5-4-6-12(15)8-11/h4-8,14,18H,3,9H2,1-2H3. The molecule has 0 fully saturated rings. The molecular weight excluding hydrogens is 248 g/mol. The molecular formula is C14H17ClN2O. The normalized spacial score (nSPS) is 12.7. The van der Waals surface area contributed by atoms with Crippen LogP contribution in [0.5, 0.6) is 0 Å². The molecule has 0 saturated carbocycles. The molecule has 1 aromatic heterocycles. The minimum absolute atomic E-state index is 0.551. The van der Waals surface area contributed by atoms with Crippen LogP contribution in [-0.2, 0) is 13.0 Å². The van der Waals surface area contributed by atoms with Crippen molar-refractivity contribution in [1.29, 1.82) is 0 Å². The Morgan fingerprint density at radius 1 is 1.39 bits per heavy atom. The third kappa shape index (κ3) is 2.92. The Morgan fingerprint density at radius 2 is 2.17 bits per heavy atom. The Kier molecular flexibility index (Phi) is 4.04. The van der Waals surface area contributed by atoms with Crippen LogP contribution in [0.1, 0.15) is 30.0 Å². The predicted octanol–water partition coefficient (Wildman–Crippen LogP) is 3.14. The molecule has 1 heterocycles. The van der Waals surface area contributed by atoms with Crippen molar-refractivity contribution in [3.05, 3.63) is 52.3 Å². The minimum Gasteiger partial charge on any atom is -0.388 e. The van der Waals surface area contributed by atoms with E-state index in [9.17, 15) is 5.11 Å². The van der Waals surface area contributed by atoms with Crippen molar-refractivity contribution >= 4 is 11.6 Å². The van der Waals surface area contributed by atoms with Crippen LogP contribution in [-0.4, -0.2) is 14.9 Å². The summed E-state index contributed by atoms with van der Waals surface area (Å²) in [6.07, 6.45) is -0.000216. The molecule has 0 aliphatic heterocycles. The van der Waals surface area contributed by atoms with Gasteiger partial charge in [-0.05, 0) is 37.6 Å². The number of nitrogens with zero attached hydrogens (tertiary/aromatic N) is 2. The SMILES string of the molecule is CCn1nc(C)cc1CC(O)c1cccc(Cl)c1. The monoisotopic (exact) mass is 264 g/mol. The van der Waals surface area contributed by atoms with Crippen LogP contribution in [0.4, 0.5) is 0 Å². The van der Waals surface area contributed by atoms with Crippen molar-refractivity contribution in [3.63, 3.8) is 0 Å². The Bertz CT molecular complexity index is 536. The molecule has 4 heteroatoms. The first-order chi connectivity index (χ1) is 8.60. The van der Waals surface area contributed by atoms with Crippen molar-refractivity contribution in [1.82, 2.24) is 9.78 Å². The molecule has 1 N–H and O–H groups in total. The van der Waals surface area contributed by atoms with Crippen molar-refractivity contribution in [2.24, 2.45) is 0 Å². The van der Waals surface area contributed by atoms with E-state index in [-0.39, 0.29) is 0 Å². The van der Waals surface area contributed by atoms with Gasteiger partial charge < -0.3 is 5.11 Å². The summed E-state index contributed by atoms with van der Waals surface area (Å²) in [7, 11) is 0. The molecule has 0 aliphatic rings. The lowest BCUT2D eigenvalue weighted by molar-refractivity contribution is 0.175. The fraction of sp³-hybridized carbons (Fsp3) is 0.357. The van der Waals surface area contributed by atoms with Gasteiger partial charge in [-0.1, -0.05) is 23.7 Å². The van der Waals surface area contributed by atoms with Crippen LogP contribution in [0.15, 0.2) is 30.3 Å². The summed E-state index contributed by atoms with van der Waals surface area (Å²) in [5.41, 5.74) is 2.86. The number of aromatic nitrogens is 2. The largest absolute Gasteiger partial charge is 0.388 e. The van der Waals surface area contributed by atoms with Gasteiger partial charge in [0.1, 0.15) is 0 Å². The van der Waals surface area contributed by atoms with Gasteiger partial charge in [-0.15, -0.1) is 0 Å². The second-order valence-corrected chi connectivity index (χ2v) is 4.80. The molecule has 2 aromatic rings. The van der Waals surface area contributed by atoms with Crippen LogP contribution in [0.25, 0.3) is 0 Å². The minimum atomic E-state index is -0.551. The second kappa shape index (κ2) is 5.55. The predicted molar refractivity (Wildman–Crippen MR) is 72.8 cm³/mol. The molecule has 96 valence electrons. The van der Waals surface area contributed by atoms with E-state index in [1.165, 1.54) is 0 Å². The first kappa shape index (κ1) is 13.1. The highest BCUT2D eigenvalue weighted by molar-refractivity contribution is 6.30. The van der Waals surface area contributed by atoms with Crippen molar-refractivity contribution in [2.75, 3.05) is 0 Å². The molecule has 1 aromatic carbocycles. The van der Waals surface area contributed by atoms with E-state index in [0.717, 1.165) is 23.5 Å². The zero-order chi connectivity index (χ0) is 13.1. The number of rotatable bonds is 4. The number of aliphatic hydroxyl groups excluding tert-OH is 1. The van der Waals surface area contributed by atoms with Gasteiger partial charge in [0.25, 0.3) is 0 Å². The smallest absolute Gasteiger partial charge is 0.0845 e. The Balaban J connectivity index is 2.18. The second-order valence-electron chi connectivity index (χ2n) is 4.37. The van der Waals surface area contributed by atoms with Crippen LogP contribution in [0.2, 0.25) is 5.02 Å². The summed E-state index contributed by atoms with van der Waals surface area (Å²) in [6.45, 7) is 4.81. The molecule has 3 nitrogen and oxygen atoms in total. The van der Waals surface area contributed by atoms with E-state index < -0.39 is 6.10 Å². The number of halogens is 1.